The molecule has 1 unspecified atom stereocenters. The van der Waals surface area contributed by atoms with Gasteiger partial charge in [-0.05, 0) is 44.0 Å². The van der Waals surface area contributed by atoms with Gasteiger partial charge in [0.1, 0.15) is 0 Å². The Bertz CT molecular complexity index is 528. The van der Waals surface area contributed by atoms with Crippen LogP contribution in [0.15, 0.2) is 18.2 Å². The number of anilines is 1. The zero-order chi connectivity index (χ0) is 15.2. The first-order chi connectivity index (χ1) is 10.1. The largest absolute Gasteiger partial charge is 0.352 e. The number of halogens is 1. The summed E-state index contributed by atoms with van der Waals surface area (Å²) < 4.78 is 0. The topological polar surface area (TPSA) is 70.2 Å². The summed E-state index contributed by atoms with van der Waals surface area (Å²) in [6.07, 6.45) is 2.72. The summed E-state index contributed by atoms with van der Waals surface area (Å²) in [6, 6.07) is 4.79. The van der Waals surface area contributed by atoms with Crippen molar-refractivity contribution in [1.29, 1.82) is 0 Å². The minimum absolute atomic E-state index is 0.0632. The van der Waals surface area contributed by atoms with E-state index in [0.29, 0.717) is 22.8 Å². The van der Waals surface area contributed by atoms with Crippen LogP contribution in [-0.4, -0.2) is 30.9 Å². The van der Waals surface area contributed by atoms with Crippen molar-refractivity contribution in [3.63, 3.8) is 0 Å². The molecule has 0 aliphatic carbocycles. The highest BCUT2D eigenvalue weighted by Gasteiger charge is 2.22. The summed E-state index contributed by atoms with van der Waals surface area (Å²) in [5, 5.41) is 9.06. The Kier molecular flexibility index (Phi) is 5.59. The van der Waals surface area contributed by atoms with Crippen LogP contribution >= 0.6 is 11.6 Å². The van der Waals surface area contributed by atoms with Crippen molar-refractivity contribution in [1.82, 2.24) is 10.6 Å². The van der Waals surface area contributed by atoms with Gasteiger partial charge in [0.05, 0.1) is 16.6 Å². The smallest absolute Gasteiger partial charge is 0.252 e. The van der Waals surface area contributed by atoms with E-state index in [9.17, 15) is 9.59 Å². The van der Waals surface area contributed by atoms with E-state index in [-0.39, 0.29) is 17.9 Å². The van der Waals surface area contributed by atoms with Crippen LogP contribution in [0.4, 0.5) is 5.69 Å². The van der Waals surface area contributed by atoms with E-state index in [1.54, 1.807) is 18.2 Å². The molecule has 1 fully saturated rings. The van der Waals surface area contributed by atoms with E-state index >= 15 is 0 Å². The third kappa shape index (κ3) is 4.19. The third-order valence-corrected chi connectivity index (χ3v) is 3.71. The van der Waals surface area contributed by atoms with Gasteiger partial charge >= 0.3 is 0 Å². The van der Waals surface area contributed by atoms with Crippen molar-refractivity contribution in [3.05, 3.63) is 28.8 Å². The van der Waals surface area contributed by atoms with Crippen molar-refractivity contribution in [2.24, 2.45) is 0 Å². The monoisotopic (exact) mass is 309 g/mol. The Morgan fingerprint density at radius 1 is 1.43 bits per heavy atom. The number of carbonyl (C=O) groups excluding carboxylic acids is 2. The molecule has 0 spiro atoms. The fourth-order valence-corrected chi connectivity index (χ4v) is 2.51. The fraction of sp³-hybridized carbons (Fsp3) is 0.467. The van der Waals surface area contributed by atoms with Crippen molar-refractivity contribution < 1.29 is 9.59 Å². The lowest BCUT2D eigenvalue weighted by Crippen LogP contribution is -2.35. The first-order valence-corrected chi connectivity index (χ1v) is 7.61. The van der Waals surface area contributed by atoms with Gasteiger partial charge in [-0.1, -0.05) is 18.5 Å². The van der Waals surface area contributed by atoms with E-state index in [1.807, 2.05) is 6.92 Å². The molecule has 1 aromatic rings. The van der Waals surface area contributed by atoms with Crippen LogP contribution in [0.3, 0.4) is 0 Å². The summed E-state index contributed by atoms with van der Waals surface area (Å²) in [4.78, 5) is 23.9. The maximum Gasteiger partial charge on any atom is 0.252 e. The summed E-state index contributed by atoms with van der Waals surface area (Å²) in [6.45, 7) is 3.47. The Morgan fingerprint density at radius 2 is 2.24 bits per heavy atom. The van der Waals surface area contributed by atoms with Crippen LogP contribution in [0, 0.1) is 0 Å². The van der Waals surface area contributed by atoms with Gasteiger partial charge in [-0.15, -0.1) is 0 Å². The number of carbonyl (C=O) groups is 2. The average Bonchev–Trinajstić information content (AvgIpc) is 2.99. The molecule has 5 nitrogen and oxygen atoms in total. The van der Waals surface area contributed by atoms with Gasteiger partial charge in [0.2, 0.25) is 5.91 Å². The molecule has 2 rings (SSSR count). The molecule has 21 heavy (non-hydrogen) atoms. The Morgan fingerprint density at radius 3 is 2.86 bits per heavy atom. The molecular formula is C15H20ClN3O2. The lowest BCUT2D eigenvalue weighted by molar-refractivity contribution is -0.117. The minimum Gasteiger partial charge on any atom is -0.352 e. The lowest BCUT2D eigenvalue weighted by Gasteiger charge is -2.12. The van der Waals surface area contributed by atoms with Crippen molar-refractivity contribution in [2.45, 2.75) is 32.2 Å². The molecule has 1 saturated heterocycles. The van der Waals surface area contributed by atoms with Gasteiger partial charge in [0.25, 0.3) is 5.91 Å². The van der Waals surface area contributed by atoms with Crippen LogP contribution in [-0.2, 0) is 4.79 Å². The normalized spacial score (nSPS) is 17.5. The first kappa shape index (κ1) is 15.8. The van der Waals surface area contributed by atoms with Gasteiger partial charge in [0.15, 0.2) is 0 Å². The Balaban J connectivity index is 2.01. The second-order valence-electron chi connectivity index (χ2n) is 5.09. The number of benzene rings is 1. The molecule has 3 N–H and O–H groups in total. The van der Waals surface area contributed by atoms with Crippen molar-refractivity contribution >= 4 is 29.1 Å². The third-order valence-electron chi connectivity index (χ3n) is 3.39. The second-order valence-corrected chi connectivity index (χ2v) is 5.50. The van der Waals surface area contributed by atoms with Gasteiger partial charge < -0.3 is 16.0 Å². The molecule has 1 aliphatic rings. The van der Waals surface area contributed by atoms with Gasteiger partial charge in [-0.25, -0.2) is 0 Å². The van der Waals surface area contributed by atoms with Gasteiger partial charge in [-0.3, -0.25) is 9.59 Å². The molecule has 1 atom stereocenters. The molecule has 2 amide bonds. The predicted octanol–water partition coefficient (Wildman–Crippen LogP) is 2.17. The number of hydrogen-bond acceptors (Lipinski definition) is 3. The molecule has 114 valence electrons. The van der Waals surface area contributed by atoms with Gasteiger partial charge in [-0.2, -0.15) is 0 Å². The molecule has 1 heterocycles. The molecule has 1 aromatic carbocycles. The van der Waals surface area contributed by atoms with Crippen LogP contribution in [0.25, 0.3) is 0 Å². The molecule has 0 bridgehead atoms. The van der Waals surface area contributed by atoms with E-state index in [4.69, 9.17) is 11.6 Å². The first-order valence-electron chi connectivity index (χ1n) is 7.24. The zero-order valence-electron chi connectivity index (χ0n) is 12.0. The lowest BCUT2D eigenvalue weighted by atomic mass is 10.1. The van der Waals surface area contributed by atoms with Crippen LogP contribution in [0.5, 0.6) is 0 Å². The van der Waals surface area contributed by atoms with Crippen molar-refractivity contribution in [3.8, 4) is 0 Å². The molecule has 0 aromatic heterocycles. The zero-order valence-corrected chi connectivity index (χ0v) is 12.8. The molecular weight excluding hydrogens is 290 g/mol. The van der Waals surface area contributed by atoms with E-state index in [2.05, 4.69) is 16.0 Å². The minimum atomic E-state index is -0.197. The second kappa shape index (κ2) is 7.43. The molecule has 0 saturated carbocycles. The number of hydrogen-bond donors (Lipinski definition) is 3. The summed E-state index contributed by atoms with van der Waals surface area (Å²) in [5.41, 5.74) is 1.02. The molecule has 0 radical (unpaired) electrons. The maximum atomic E-state index is 12.0. The highest BCUT2D eigenvalue weighted by molar-refractivity contribution is 6.34. The fourth-order valence-electron chi connectivity index (χ4n) is 2.25. The van der Waals surface area contributed by atoms with Gasteiger partial charge in [0, 0.05) is 12.2 Å². The predicted molar refractivity (Wildman–Crippen MR) is 83.7 cm³/mol. The number of rotatable bonds is 5. The SMILES string of the molecule is CCCNC(=O)c1ccc(NC(=O)C2CCCN2)cc1Cl. The maximum absolute atomic E-state index is 12.0. The molecule has 1 aliphatic heterocycles. The van der Waals surface area contributed by atoms with E-state index < -0.39 is 0 Å². The van der Waals surface area contributed by atoms with Crippen molar-refractivity contribution in [2.75, 3.05) is 18.4 Å². The highest BCUT2D eigenvalue weighted by Crippen LogP contribution is 2.21. The Labute approximate surface area is 129 Å². The summed E-state index contributed by atoms with van der Waals surface area (Å²) >= 11 is 6.12. The van der Waals surface area contributed by atoms with E-state index in [1.165, 1.54) is 0 Å². The summed E-state index contributed by atoms with van der Waals surface area (Å²) in [7, 11) is 0. The highest BCUT2D eigenvalue weighted by atomic mass is 35.5. The van der Waals surface area contributed by atoms with Crippen LogP contribution in [0.2, 0.25) is 5.02 Å². The summed E-state index contributed by atoms with van der Waals surface area (Å²) in [5.74, 6) is -0.260. The van der Waals surface area contributed by atoms with E-state index in [0.717, 1.165) is 25.8 Å². The average molecular weight is 310 g/mol. The van der Waals surface area contributed by atoms with Crippen LogP contribution in [0.1, 0.15) is 36.5 Å². The standard InChI is InChI=1S/C15H20ClN3O2/c1-2-7-18-14(20)11-6-5-10(9-12(11)16)19-15(21)13-4-3-8-17-13/h5-6,9,13,17H,2-4,7-8H2,1H3,(H,18,20)(H,19,21). The Hall–Kier alpha value is -1.59. The quantitative estimate of drug-likeness (QED) is 0.780. The van der Waals surface area contributed by atoms with Crippen LogP contribution < -0.4 is 16.0 Å². The number of nitrogens with one attached hydrogen (secondary N) is 3. The number of amides is 2. The molecule has 6 heteroatoms.